The predicted octanol–water partition coefficient (Wildman–Crippen LogP) is 5.48. The number of nitrogens with zero attached hydrogens (tertiary/aromatic N) is 1. The Kier molecular flexibility index (Phi) is 3.44. The van der Waals surface area contributed by atoms with Gasteiger partial charge in [-0.3, -0.25) is 0 Å². The Labute approximate surface area is 179 Å². The molecule has 3 aliphatic heterocycles. The van der Waals surface area contributed by atoms with Gasteiger partial charge in [0.1, 0.15) is 0 Å². The van der Waals surface area contributed by atoms with Crippen LogP contribution in [0.25, 0.3) is 21.9 Å². The van der Waals surface area contributed by atoms with Gasteiger partial charge in [0.15, 0.2) is 23.0 Å². The number of ether oxygens (including phenoxy) is 4. The van der Waals surface area contributed by atoms with Crippen LogP contribution < -0.4 is 23.8 Å². The van der Waals surface area contributed by atoms with E-state index in [9.17, 15) is 0 Å². The Hall–Kier alpha value is -3.86. The fourth-order valence-electron chi connectivity index (χ4n) is 4.90. The Bertz CT molecular complexity index is 1350. The third kappa shape index (κ3) is 2.49. The molecule has 31 heavy (non-hydrogen) atoms. The molecule has 0 radical (unpaired) electrons. The standard InChI is InChI=1S/C26H19NO4/c1-2-4-16(5-3-1)12-27-13-21-18(8-9-22-26(21)31-15-28-22)19-7-6-17-10-23-24(30-14-29-23)11-20(17)25(19)27/h1-11H,12-15H2. The molecule has 4 aromatic rings. The van der Waals surface area contributed by atoms with E-state index in [0.29, 0.717) is 0 Å². The fraction of sp³-hybridized carbons (Fsp3) is 0.154. The van der Waals surface area contributed by atoms with E-state index in [0.717, 1.165) is 41.5 Å². The molecular weight excluding hydrogens is 390 g/mol. The van der Waals surface area contributed by atoms with Crippen molar-refractivity contribution in [3.8, 4) is 34.1 Å². The lowest BCUT2D eigenvalue weighted by Crippen LogP contribution is -2.26. The van der Waals surface area contributed by atoms with Gasteiger partial charge in [0.2, 0.25) is 13.6 Å². The van der Waals surface area contributed by atoms with Crippen molar-refractivity contribution in [3.63, 3.8) is 0 Å². The summed E-state index contributed by atoms with van der Waals surface area (Å²) >= 11 is 0. The third-order valence-electron chi connectivity index (χ3n) is 6.30. The lowest BCUT2D eigenvalue weighted by Gasteiger charge is -2.34. The first-order chi connectivity index (χ1) is 15.3. The molecule has 7 rings (SSSR count). The Morgan fingerprint density at radius 1 is 0.710 bits per heavy atom. The molecule has 0 atom stereocenters. The average molecular weight is 409 g/mol. The van der Waals surface area contributed by atoms with Crippen LogP contribution >= 0.6 is 0 Å². The second-order valence-corrected chi connectivity index (χ2v) is 8.06. The van der Waals surface area contributed by atoms with Gasteiger partial charge in [0, 0.05) is 29.6 Å². The zero-order valence-electron chi connectivity index (χ0n) is 16.8. The van der Waals surface area contributed by atoms with Crippen molar-refractivity contribution < 1.29 is 18.9 Å². The van der Waals surface area contributed by atoms with Crippen LogP contribution in [0.2, 0.25) is 0 Å². The summed E-state index contributed by atoms with van der Waals surface area (Å²) in [5, 5.41) is 2.31. The SMILES string of the molecule is c1ccc(CN2Cc3c(ccc4c3OCO4)-c3ccc4cc5c(cc4c32)OCO5)cc1. The molecule has 0 unspecified atom stereocenters. The normalized spacial score (nSPS) is 15.2. The summed E-state index contributed by atoms with van der Waals surface area (Å²) in [4.78, 5) is 2.43. The molecule has 0 aliphatic carbocycles. The summed E-state index contributed by atoms with van der Waals surface area (Å²) in [7, 11) is 0. The van der Waals surface area contributed by atoms with Crippen molar-refractivity contribution in [1.82, 2.24) is 0 Å². The zero-order valence-corrected chi connectivity index (χ0v) is 16.8. The molecule has 0 bridgehead atoms. The van der Waals surface area contributed by atoms with E-state index in [1.807, 2.05) is 6.07 Å². The number of benzene rings is 4. The second kappa shape index (κ2) is 6.32. The van der Waals surface area contributed by atoms with Gasteiger partial charge in [-0.15, -0.1) is 0 Å². The summed E-state index contributed by atoms with van der Waals surface area (Å²) in [6.07, 6.45) is 0. The predicted molar refractivity (Wildman–Crippen MR) is 118 cm³/mol. The van der Waals surface area contributed by atoms with Gasteiger partial charge in [-0.1, -0.05) is 42.5 Å². The summed E-state index contributed by atoms with van der Waals surface area (Å²) < 4.78 is 22.8. The Morgan fingerprint density at radius 2 is 1.48 bits per heavy atom. The molecular formula is C26H19NO4. The summed E-state index contributed by atoms with van der Waals surface area (Å²) in [6, 6.07) is 23.3. The van der Waals surface area contributed by atoms with E-state index in [2.05, 4.69) is 65.6 Å². The van der Waals surface area contributed by atoms with Gasteiger partial charge in [-0.05, 0) is 40.8 Å². The lowest BCUT2D eigenvalue weighted by molar-refractivity contribution is 0.173. The highest BCUT2D eigenvalue weighted by molar-refractivity contribution is 6.05. The highest BCUT2D eigenvalue weighted by atomic mass is 16.7. The molecule has 0 saturated carbocycles. The highest BCUT2D eigenvalue weighted by Gasteiger charge is 2.31. The fourth-order valence-corrected chi connectivity index (χ4v) is 4.90. The van der Waals surface area contributed by atoms with Crippen LogP contribution in [-0.2, 0) is 13.1 Å². The van der Waals surface area contributed by atoms with Crippen LogP contribution in [0, 0.1) is 0 Å². The Morgan fingerprint density at radius 3 is 2.39 bits per heavy atom. The van der Waals surface area contributed by atoms with Crippen LogP contribution in [0.15, 0.2) is 66.7 Å². The topological polar surface area (TPSA) is 40.2 Å². The van der Waals surface area contributed by atoms with Crippen LogP contribution in [0.5, 0.6) is 23.0 Å². The van der Waals surface area contributed by atoms with Crippen LogP contribution in [0.3, 0.4) is 0 Å². The van der Waals surface area contributed by atoms with Crippen molar-refractivity contribution in [2.45, 2.75) is 13.1 Å². The first-order valence-electron chi connectivity index (χ1n) is 10.4. The molecule has 5 nitrogen and oxygen atoms in total. The molecule has 3 heterocycles. The van der Waals surface area contributed by atoms with Crippen molar-refractivity contribution >= 4 is 16.5 Å². The quantitative estimate of drug-likeness (QED) is 0.438. The van der Waals surface area contributed by atoms with Crippen LogP contribution in [0.4, 0.5) is 5.69 Å². The minimum absolute atomic E-state index is 0.272. The van der Waals surface area contributed by atoms with E-state index in [1.54, 1.807) is 0 Å². The summed E-state index contributed by atoms with van der Waals surface area (Å²) in [6.45, 7) is 2.09. The monoisotopic (exact) mass is 409 g/mol. The maximum Gasteiger partial charge on any atom is 0.231 e. The number of anilines is 1. The van der Waals surface area contributed by atoms with E-state index < -0.39 is 0 Å². The molecule has 5 heteroatoms. The van der Waals surface area contributed by atoms with Crippen LogP contribution in [-0.4, -0.2) is 13.6 Å². The molecule has 0 fully saturated rings. The van der Waals surface area contributed by atoms with Gasteiger partial charge in [-0.2, -0.15) is 0 Å². The maximum absolute atomic E-state index is 5.87. The van der Waals surface area contributed by atoms with Gasteiger partial charge < -0.3 is 23.8 Å². The van der Waals surface area contributed by atoms with E-state index >= 15 is 0 Å². The number of rotatable bonds is 2. The van der Waals surface area contributed by atoms with Gasteiger partial charge >= 0.3 is 0 Å². The second-order valence-electron chi connectivity index (χ2n) is 8.06. The first-order valence-corrected chi connectivity index (χ1v) is 10.4. The van der Waals surface area contributed by atoms with Gasteiger partial charge in [-0.25, -0.2) is 0 Å². The van der Waals surface area contributed by atoms with Gasteiger partial charge in [0.25, 0.3) is 0 Å². The van der Waals surface area contributed by atoms with E-state index in [1.165, 1.54) is 33.3 Å². The minimum atomic E-state index is 0.272. The smallest absolute Gasteiger partial charge is 0.231 e. The number of hydrogen-bond acceptors (Lipinski definition) is 5. The highest BCUT2D eigenvalue weighted by Crippen LogP contribution is 2.51. The van der Waals surface area contributed by atoms with Crippen molar-refractivity contribution in [2.24, 2.45) is 0 Å². The molecule has 0 N–H and O–H groups in total. The largest absolute Gasteiger partial charge is 0.454 e. The van der Waals surface area contributed by atoms with Crippen molar-refractivity contribution in [3.05, 3.63) is 77.9 Å². The molecule has 0 spiro atoms. The molecule has 0 saturated heterocycles. The average Bonchev–Trinajstić information content (AvgIpc) is 3.47. The van der Waals surface area contributed by atoms with E-state index in [4.69, 9.17) is 18.9 Å². The molecule has 152 valence electrons. The number of hydrogen-bond donors (Lipinski definition) is 0. The van der Waals surface area contributed by atoms with Crippen molar-refractivity contribution in [1.29, 1.82) is 0 Å². The Balaban J connectivity index is 1.48. The maximum atomic E-state index is 5.87. The molecule has 3 aliphatic rings. The summed E-state index contributed by atoms with van der Waals surface area (Å²) in [5.74, 6) is 3.30. The van der Waals surface area contributed by atoms with Gasteiger partial charge in [0.05, 0.1) is 5.69 Å². The van der Waals surface area contributed by atoms with Crippen molar-refractivity contribution in [2.75, 3.05) is 18.5 Å². The third-order valence-corrected chi connectivity index (χ3v) is 6.30. The molecule has 0 aromatic heterocycles. The lowest BCUT2D eigenvalue weighted by atomic mass is 9.89. The zero-order chi connectivity index (χ0) is 20.4. The molecule has 0 amide bonds. The van der Waals surface area contributed by atoms with E-state index in [-0.39, 0.29) is 13.6 Å². The minimum Gasteiger partial charge on any atom is -0.454 e. The first kappa shape index (κ1) is 16.9. The van der Waals surface area contributed by atoms with Crippen LogP contribution in [0.1, 0.15) is 11.1 Å². The number of fused-ring (bicyclic) bond motifs is 8. The summed E-state index contributed by atoms with van der Waals surface area (Å²) in [5.41, 5.74) is 6.05. The molecule has 4 aromatic carbocycles.